The molecule has 1 aromatic carbocycles. The molecule has 0 aliphatic carbocycles. The number of aromatic nitrogens is 2. The molecule has 0 fully saturated rings. The molecule has 1 heterocycles. The summed E-state index contributed by atoms with van der Waals surface area (Å²) in [5.74, 6) is 0.474. The van der Waals surface area contributed by atoms with Crippen LogP contribution in [0, 0.1) is 0 Å². The number of aliphatic carboxylic acids is 1. The summed E-state index contributed by atoms with van der Waals surface area (Å²) in [5, 5.41) is 11.0. The van der Waals surface area contributed by atoms with Crippen molar-refractivity contribution in [3.05, 3.63) is 29.0 Å². The van der Waals surface area contributed by atoms with Crippen molar-refractivity contribution in [3.63, 3.8) is 0 Å². The SMILES string of the molecule is CCCc1nc(SCCC(=O)O)c2cc(Cl)ccc2n1. The lowest BCUT2D eigenvalue weighted by atomic mass is 10.2. The summed E-state index contributed by atoms with van der Waals surface area (Å²) >= 11 is 7.45. The van der Waals surface area contributed by atoms with Crippen LogP contribution >= 0.6 is 23.4 Å². The van der Waals surface area contributed by atoms with Crippen molar-refractivity contribution >= 4 is 40.2 Å². The van der Waals surface area contributed by atoms with Crippen molar-refractivity contribution < 1.29 is 9.90 Å². The van der Waals surface area contributed by atoms with Crippen molar-refractivity contribution in [2.24, 2.45) is 0 Å². The minimum absolute atomic E-state index is 0.111. The minimum Gasteiger partial charge on any atom is -0.481 e. The van der Waals surface area contributed by atoms with E-state index in [1.165, 1.54) is 11.8 Å². The quantitative estimate of drug-likeness (QED) is 0.649. The normalized spacial score (nSPS) is 10.9. The molecule has 0 saturated heterocycles. The number of carbonyl (C=O) groups is 1. The molecule has 0 unspecified atom stereocenters. The molecule has 4 nitrogen and oxygen atoms in total. The van der Waals surface area contributed by atoms with Gasteiger partial charge in [-0.15, -0.1) is 11.8 Å². The molecule has 0 amide bonds. The van der Waals surface area contributed by atoms with E-state index in [4.69, 9.17) is 16.7 Å². The lowest BCUT2D eigenvalue weighted by molar-refractivity contribution is -0.136. The Morgan fingerprint density at radius 2 is 2.20 bits per heavy atom. The Labute approximate surface area is 126 Å². The van der Waals surface area contributed by atoms with Crippen LogP contribution in [0.4, 0.5) is 0 Å². The van der Waals surface area contributed by atoms with Crippen LogP contribution in [0.3, 0.4) is 0 Å². The molecule has 0 bridgehead atoms. The van der Waals surface area contributed by atoms with Crippen LogP contribution in [0.15, 0.2) is 23.2 Å². The standard InChI is InChI=1S/C14H15ClN2O2S/c1-2-3-12-16-11-5-4-9(15)8-10(11)14(17-12)20-7-6-13(18)19/h4-5,8H,2-3,6-7H2,1H3,(H,18,19). The van der Waals surface area contributed by atoms with Crippen LogP contribution in [-0.4, -0.2) is 26.8 Å². The number of thioether (sulfide) groups is 1. The molecule has 0 radical (unpaired) electrons. The highest BCUT2D eigenvalue weighted by Crippen LogP contribution is 2.28. The zero-order valence-corrected chi connectivity index (χ0v) is 12.7. The molecule has 0 saturated carbocycles. The number of carboxylic acids is 1. The molecule has 1 aromatic heterocycles. The van der Waals surface area contributed by atoms with Gasteiger partial charge in [0.05, 0.1) is 11.9 Å². The molecule has 0 aliphatic heterocycles. The zero-order chi connectivity index (χ0) is 14.5. The van der Waals surface area contributed by atoms with E-state index in [1.807, 2.05) is 12.1 Å². The Morgan fingerprint density at radius 3 is 2.90 bits per heavy atom. The van der Waals surface area contributed by atoms with Crippen molar-refractivity contribution in [1.29, 1.82) is 0 Å². The second kappa shape index (κ2) is 6.90. The Hall–Kier alpha value is -1.33. The Morgan fingerprint density at radius 1 is 1.40 bits per heavy atom. The summed E-state index contributed by atoms with van der Waals surface area (Å²) in [4.78, 5) is 19.6. The number of halogens is 1. The molecular formula is C14H15ClN2O2S. The van der Waals surface area contributed by atoms with Gasteiger partial charge in [-0.1, -0.05) is 18.5 Å². The number of benzene rings is 1. The smallest absolute Gasteiger partial charge is 0.304 e. The first-order chi connectivity index (χ1) is 9.60. The highest BCUT2D eigenvalue weighted by Gasteiger charge is 2.09. The van der Waals surface area contributed by atoms with E-state index >= 15 is 0 Å². The second-order valence-corrected chi connectivity index (χ2v) is 5.87. The van der Waals surface area contributed by atoms with Crippen LogP contribution in [0.2, 0.25) is 5.02 Å². The van der Waals surface area contributed by atoms with Gasteiger partial charge in [0.1, 0.15) is 10.9 Å². The fourth-order valence-electron chi connectivity index (χ4n) is 1.80. The summed E-state index contributed by atoms with van der Waals surface area (Å²) in [6.07, 6.45) is 1.89. The molecule has 20 heavy (non-hydrogen) atoms. The number of aryl methyl sites for hydroxylation is 1. The van der Waals surface area contributed by atoms with Gasteiger partial charge in [-0.2, -0.15) is 0 Å². The Bertz CT molecular complexity index is 634. The molecule has 106 valence electrons. The van der Waals surface area contributed by atoms with Gasteiger partial charge in [0.15, 0.2) is 0 Å². The van der Waals surface area contributed by atoms with Crippen LogP contribution < -0.4 is 0 Å². The number of carboxylic acid groups (broad SMARTS) is 1. The highest BCUT2D eigenvalue weighted by atomic mass is 35.5. The summed E-state index contributed by atoms with van der Waals surface area (Å²) in [7, 11) is 0. The molecule has 2 rings (SSSR count). The van der Waals surface area contributed by atoms with Crippen molar-refractivity contribution in [2.75, 3.05) is 5.75 Å². The molecule has 0 spiro atoms. The number of hydrogen-bond donors (Lipinski definition) is 1. The predicted octanol–water partition coefficient (Wildman–Crippen LogP) is 3.80. The van der Waals surface area contributed by atoms with Gasteiger partial charge in [-0.05, 0) is 24.6 Å². The van der Waals surface area contributed by atoms with E-state index in [0.29, 0.717) is 10.8 Å². The monoisotopic (exact) mass is 310 g/mol. The van der Waals surface area contributed by atoms with Gasteiger partial charge in [-0.3, -0.25) is 4.79 Å². The van der Waals surface area contributed by atoms with Gasteiger partial charge >= 0.3 is 5.97 Å². The maximum atomic E-state index is 10.6. The van der Waals surface area contributed by atoms with Gasteiger partial charge in [0.2, 0.25) is 0 Å². The Balaban J connectivity index is 2.36. The largest absolute Gasteiger partial charge is 0.481 e. The average Bonchev–Trinajstić information content (AvgIpc) is 2.39. The fraction of sp³-hybridized carbons (Fsp3) is 0.357. The number of nitrogens with zero attached hydrogens (tertiary/aromatic N) is 2. The van der Waals surface area contributed by atoms with Gasteiger partial charge in [0, 0.05) is 22.6 Å². The zero-order valence-electron chi connectivity index (χ0n) is 11.1. The lowest BCUT2D eigenvalue weighted by Gasteiger charge is -2.08. The third-order valence-electron chi connectivity index (χ3n) is 2.70. The van der Waals surface area contributed by atoms with E-state index < -0.39 is 5.97 Å². The molecule has 6 heteroatoms. The first-order valence-corrected chi connectivity index (χ1v) is 7.77. The van der Waals surface area contributed by atoms with Crippen molar-refractivity contribution in [2.45, 2.75) is 31.2 Å². The summed E-state index contributed by atoms with van der Waals surface area (Å²) in [6, 6.07) is 5.51. The summed E-state index contributed by atoms with van der Waals surface area (Å²) < 4.78 is 0. The van der Waals surface area contributed by atoms with E-state index in [9.17, 15) is 4.79 Å². The fourth-order valence-corrected chi connectivity index (χ4v) is 2.93. The first kappa shape index (κ1) is 15.1. The minimum atomic E-state index is -0.803. The van der Waals surface area contributed by atoms with Crippen LogP contribution in [-0.2, 0) is 11.2 Å². The number of hydrogen-bond acceptors (Lipinski definition) is 4. The van der Waals surface area contributed by atoms with Crippen molar-refractivity contribution in [3.8, 4) is 0 Å². The molecule has 0 aliphatic rings. The Kier molecular flexibility index (Phi) is 5.20. The van der Waals surface area contributed by atoms with E-state index in [0.717, 1.165) is 34.6 Å². The molecule has 0 atom stereocenters. The molecule has 1 N–H and O–H groups in total. The first-order valence-electron chi connectivity index (χ1n) is 6.41. The van der Waals surface area contributed by atoms with Gasteiger partial charge in [0.25, 0.3) is 0 Å². The maximum Gasteiger partial charge on any atom is 0.304 e. The van der Waals surface area contributed by atoms with E-state index in [1.54, 1.807) is 6.07 Å². The van der Waals surface area contributed by atoms with E-state index in [-0.39, 0.29) is 6.42 Å². The van der Waals surface area contributed by atoms with Crippen LogP contribution in [0.5, 0.6) is 0 Å². The molecular weight excluding hydrogens is 296 g/mol. The number of fused-ring (bicyclic) bond motifs is 1. The molecule has 2 aromatic rings. The van der Waals surface area contributed by atoms with Gasteiger partial charge in [-0.25, -0.2) is 9.97 Å². The maximum absolute atomic E-state index is 10.6. The third-order valence-corrected chi connectivity index (χ3v) is 3.93. The van der Waals surface area contributed by atoms with Gasteiger partial charge < -0.3 is 5.11 Å². The van der Waals surface area contributed by atoms with Crippen LogP contribution in [0.25, 0.3) is 10.9 Å². The topological polar surface area (TPSA) is 63.1 Å². The van der Waals surface area contributed by atoms with Crippen molar-refractivity contribution in [1.82, 2.24) is 9.97 Å². The third kappa shape index (κ3) is 3.84. The lowest BCUT2D eigenvalue weighted by Crippen LogP contribution is -2.00. The average molecular weight is 311 g/mol. The van der Waals surface area contributed by atoms with E-state index in [2.05, 4.69) is 16.9 Å². The van der Waals surface area contributed by atoms with Crippen LogP contribution in [0.1, 0.15) is 25.6 Å². The summed E-state index contributed by atoms with van der Waals surface area (Å²) in [5.41, 5.74) is 0.852. The highest BCUT2D eigenvalue weighted by molar-refractivity contribution is 7.99. The second-order valence-electron chi connectivity index (χ2n) is 4.35. The predicted molar refractivity (Wildman–Crippen MR) is 81.5 cm³/mol. The summed E-state index contributed by atoms with van der Waals surface area (Å²) in [6.45, 7) is 2.08. The number of rotatable bonds is 6.